The molecule has 0 bridgehead atoms. The largest absolute Gasteiger partial charge is 0.312 e. The lowest BCUT2D eigenvalue weighted by Gasteiger charge is -2.16. The van der Waals surface area contributed by atoms with Crippen molar-refractivity contribution in [3.8, 4) is 0 Å². The predicted molar refractivity (Wildman–Crippen MR) is 92.5 cm³/mol. The zero-order chi connectivity index (χ0) is 15.2. The summed E-state index contributed by atoms with van der Waals surface area (Å²) in [5.74, 6) is 1.53. The Bertz CT molecular complexity index is 552. The highest BCUT2D eigenvalue weighted by molar-refractivity contribution is 5.15. The fraction of sp³-hybridized carbons (Fsp3) is 0.400. The average Bonchev–Trinajstić information content (AvgIpc) is 2.89. The van der Waals surface area contributed by atoms with Crippen LogP contribution in [-0.2, 0) is 13.1 Å². The van der Waals surface area contributed by atoms with E-state index in [-0.39, 0.29) is 0 Å². The third-order valence-electron chi connectivity index (χ3n) is 4.67. The molecule has 0 aromatic heterocycles. The van der Waals surface area contributed by atoms with Crippen LogP contribution in [0.15, 0.2) is 60.7 Å². The van der Waals surface area contributed by atoms with Crippen molar-refractivity contribution in [1.82, 2.24) is 10.2 Å². The van der Waals surface area contributed by atoms with Gasteiger partial charge in [-0.25, -0.2) is 0 Å². The van der Waals surface area contributed by atoms with E-state index >= 15 is 0 Å². The Kier molecular flexibility index (Phi) is 5.25. The number of hydrogen-bond donors (Lipinski definition) is 1. The molecule has 2 nitrogen and oxygen atoms in total. The predicted octanol–water partition coefficient (Wildman–Crippen LogP) is 3.54. The molecule has 0 amide bonds. The number of nitrogens with one attached hydrogen (secondary N) is 1. The number of hydrogen-bond acceptors (Lipinski definition) is 2. The maximum Gasteiger partial charge on any atom is 0.0233 e. The van der Waals surface area contributed by atoms with Crippen LogP contribution in [0.4, 0.5) is 0 Å². The summed E-state index contributed by atoms with van der Waals surface area (Å²) in [6.45, 7) is 7.98. The van der Waals surface area contributed by atoms with Crippen LogP contribution in [0.3, 0.4) is 0 Å². The molecule has 0 aliphatic carbocycles. The fourth-order valence-electron chi connectivity index (χ4n) is 3.38. The van der Waals surface area contributed by atoms with Gasteiger partial charge in [0, 0.05) is 26.2 Å². The molecule has 2 atom stereocenters. The van der Waals surface area contributed by atoms with E-state index in [0.29, 0.717) is 0 Å². The van der Waals surface area contributed by atoms with Crippen molar-refractivity contribution in [2.24, 2.45) is 11.8 Å². The molecule has 2 aromatic rings. The second-order valence-electron chi connectivity index (χ2n) is 6.53. The summed E-state index contributed by atoms with van der Waals surface area (Å²) in [4.78, 5) is 2.59. The van der Waals surface area contributed by atoms with E-state index in [0.717, 1.165) is 31.5 Å². The van der Waals surface area contributed by atoms with E-state index in [1.807, 2.05) is 0 Å². The first-order valence-electron chi connectivity index (χ1n) is 8.32. The second kappa shape index (κ2) is 7.57. The van der Waals surface area contributed by atoms with Gasteiger partial charge in [0.15, 0.2) is 0 Å². The van der Waals surface area contributed by atoms with Crippen molar-refractivity contribution in [2.45, 2.75) is 20.0 Å². The minimum Gasteiger partial charge on any atom is -0.312 e. The molecule has 1 aliphatic rings. The zero-order valence-electron chi connectivity index (χ0n) is 13.4. The number of benzene rings is 2. The minimum atomic E-state index is 0.757. The maximum absolute atomic E-state index is 3.63. The van der Waals surface area contributed by atoms with E-state index in [2.05, 4.69) is 77.8 Å². The SMILES string of the molecule is C[C@H]1CN(Cc2ccccc2)C[C@@H]1CNCc1ccccc1. The van der Waals surface area contributed by atoms with Crippen LogP contribution in [0.1, 0.15) is 18.1 Å². The number of nitrogens with zero attached hydrogens (tertiary/aromatic N) is 1. The molecule has 2 aromatic carbocycles. The topological polar surface area (TPSA) is 15.3 Å². The van der Waals surface area contributed by atoms with E-state index in [1.54, 1.807) is 0 Å². The molecule has 0 radical (unpaired) electrons. The molecular weight excluding hydrogens is 268 g/mol. The Labute approximate surface area is 134 Å². The summed E-state index contributed by atoms with van der Waals surface area (Å²) in [7, 11) is 0. The van der Waals surface area contributed by atoms with Gasteiger partial charge >= 0.3 is 0 Å². The van der Waals surface area contributed by atoms with Crippen LogP contribution in [0.2, 0.25) is 0 Å². The van der Waals surface area contributed by atoms with Crippen LogP contribution >= 0.6 is 0 Å². The molecule has 1 fully saturated rings. The summed E-state index contributed by atoms with van der Waals surface area (Å²) >= 11 is 0. The molecule has 1 aliphatic heterocycles. The molecule has 1 N–H and O–H groups in total. The molecular formula is C20H26N2. The van der Waals surface area contributed by atoms with Crippen molar-refractivity contribution in [2.75, 3.05) is 19.6 Å². The minimum absolute atomic E-state index is 0.757. The molecule has 3 rings (SSSR count). The lowest BCUT2D eigenvalue weighted by Crippen LogP contribution is -2.27. The van der Waals surface area contributed by atoms with Crippen LogP contribution in [0, 0.1) is 11.8 Å². The Morgan fingerprint density at radius 3 is 2.23 bits per heavy atom. The lowest BCUT2D eigenvalue weighted by molar-refractivity contribution is 0.312. The second-order valence-corrected chi connectivity index (χ2v) is 6.53. The molecule has 0 spiro atoms. The summed E-state index contributed by atoms with van der Waals surface area (Å²) in [6, 6.07) is 21.5. The van der Waals surface area contributed by atoms with Crippen LogP contribution < -0.4 is 5.32 Å². The molecule has 0 unspecified atom stereocenters. The van der Waals surface area contributed by atoms with E-state index in [9.17, 15) is 0 Å². The van der Waals surface area contributed by atoms with Gasteiger partial charge in [0.2, 0.25) is 0 Å². The quantitative estimate of drug-likeness (QED) is 0.876. The fourth-order valence-corrected chi connectivity index (χ4v) is 3.38. The van der Waals surface area contributed by atoms with E-state index < -0.39 is 0 Å². The monoisotopic (exact) mass is 294 g/mol. The van der Waals surface area contributed by atoms with Crippen molar-refractivity contribution < 1.29 is 0 Å². The molecule has 1 heterocycles. The van der Waals surface area contributed by atoms with Gasteiger partial charge in [-0.1, -0.05) is 67.6 Å². The molecule has 22 heavy (non-hydrogen) atoms. The standard InChI is InChI=1S/C20H26N2/c1-17-14-22(15-19-10-6-3-7-11-19)16-20(17)13-21-12-18-8-4-2-5-9-18/h2-11,17,20-21H,12-16H2,1H3/t17-,20-/m0/s1. The van der Waals surface area contributed by atoms with Gasteiger partial charge in [-0.3, -0.25) is 4.90 Å². The van der Waals surface area contributed by atoms with E-state index in [1.165, 1.54) is 24.2 Å². The Hall–Kier alpha value is -1.64. The molecule has 116 valence electrons. The first-order chi connectivity index (χ1) is 10.8. The third-order valence-corrected chi connectivity index (χ3v) is 4.67. The van der Waals surface area contributed by atoms with Gasteiger partial charge in [-0.15, -0.1) is 0 Å². The van der Waals surface area contributed by atoms with Crippen LogP contribution in [-0.4, -0.2) is 24.5 Å². The highest BCUT2D eigenvalue weighted by Gasteiger charge is 2.28. The van der Waals surface area contributed by atoms with E-state index in [4.69, 9.17) is 0 Å². The highest BCUT2D eigenvalue weighted by atomic mass is 15.2. The highest BCUT2D eigenvalue weighted by Crippen LogP contribution is 2.24. The summed E-state index contributed by atoms with van der Waals surface area (Å²) in [5, 5.41) is 3.63. The maximum atomic E-state index is 3.63. The summed E-state index contributed by atoms with van der Waals surface area (Å²) in [5.41, 5.74) is 2.79. The Morgan fingerprint density at radius 2 is 1.55 bits per heavy atom. The zero-order valence-corrected chi connectivity index (χ0v) is 13.4. The van der Waals surface area contributed by atoms with Gasteiger partial charge < -0.3 is 5.32 Å². The van der Waals surface area contributed by atoms with Crippen molar-refractivity contribution in [3.63, 3.8) is 0 Å². The lowest BCUT2D eigenvalue weighted by atomic mass is 9.98. The van der Waals surface area contributed by atoms with Gasteiger partial charge in [-0.2, -0.15) is 0 Å². The third kappa shape index (κ3) is 4.19. The van der Waals surface area contributed by atoms with Gasteiger partial charge in [0.05, 0.1) is 0 Å². The number of rotatable bonds is 6. The van der Waals surface area contributed by atoms with Crippen LogP contribution in [0.25, 0.3) is 0 Å². The molecule has 2 heteroatoms. The van der Waals surface area contributed by atoms with Gasteiger partial charge in [-0.05, 0) is 29.5 Å². The van der Waals surface area contributed by atoms with Crippen molar-refractivity contribution in [3.05, 3.63) is 71.8 Å². The molecule has 1 saturated heterocycles. The molecule has 0 saturated carbocycles. The Balaban J connectivity index is 1.45. The van der Waals surface area contributed by atoms with Crippen molar-refractivity contribution >= 4 is 0 Å². The van der Waals surface area contributed by atoms with Gasteiger partial charge in [0.1, 0.15) is 0 Å². The smallest absolute Gasteiger partial charge is 0.0233 e. The summed E-state index contributed by atoms with van der Waals surface area (Å²) in [6.07, 6.45) is 0. The first kappa shape index (κ1) is 15.3. The van der Waals surface area contributed by atoms with Crippen molar-refractivity contribution in [1.29, 1.82) is 0 Å². The summed E-state index contributed by atoms with van der Waals surface area (Å²) < 4.78 is 0. The Morgan fingerprint density at radius 1 is 0.909 bits per heavy atom. The average molecular weight is 294 g/mol. The first-order valence-corrected chi connectivity index (χ1v) is 8.32. The van der Waals surface area contributed by atoms with Gasteiger partial charge in [0.25, 0.3) is 0 Å². The van der Waals surface area contributed by atoms with Crippen LogP contribution in [0.5, 0.6) is 0 Å². The number of likely N-dealkylation sites (tertiary alicyclic amines) is 1. The normalized spacial score (nSPS) is 22.0.